The molecule has 2 N–H and O–H groups in total. The molecule has 17 heavy (non-hydrogen) atoms. The second-order valence-corrected chi connectivity index (χ2v) is 3.76. The molecule has 0 saturated carbocycles. The summed E-state index contributed by atoms with van der Waals surface area (Å²) in [7, 11) is 0. The van der Waals surface area contributed by atoms with Crippen molar-refractivity contribution in [1.29, 1.82) is 0 Å². The number of nitrogen functional groups attached to an aromatic ring is 1. The predicted octanol–water partition coefficient (Wildman–Crippen LogP) is 2.56. The van der Waals surface area contributed by atoms with Crippen LogP contribution < -0.4 is 10.5 Å². The molecule has 5 nitrogen and oxygen atoms in total. The Morgan fingerprint density at radius 1 is 1.18 bits per heavy atom. The number of anilines is 1. The Kier molecular flexibility index (Phi) is 4.63. The van der Waals surface area contributed by atoms with Gasteiger partial charge in [-0.15, -0.1) is 0 Å². The fourth-order valence-electron chi connectivity index (χ4n) is 1.15. The van der Waals surface area contributed by atoms with E-state index in [1.807, 2.05) is 0 Å². The number of hydrogen-bond acceptors (Lipinski definition) is 5. The van der Waals surface area contributed by atoms with Crippen molar-refractivity contribution in [3.05, 3.63) is 24.3 Å². The molecule has 0 bridgehead atoms. The van der Waals surface area contributed by atoms with E-state index in [4.69, 9.17) is 19.9 Å². The maximum Gasteiger partial charge on any atom is 0.511 e. The third-order valence-corrected chi connectivity index (χ3v) is 1.81. The molecule has 1 atom stereocenters. The number of nitrogens with two attached hydrogens (primary N) is 1. The lowest BCUT2D eigenvalue weighted by Crippen LogP contribution is -2.23. The maximum absolute atomic E-state index is 11.2. The van der Waals surface area contributed by atoms with Gasteiger partial charge in [0, 0.05) is 6.92 Å². The van der Waals surface area contributed by atoms with Gasteiger partial charge in [0.15, 0.2) is 0 Å². The monoisotopic (exact) mass is 239 g/mol. The van der Waals surface area contributed by atoms with Gasteiger partial charge in [0.1, 0.15) is 5.75 Å². The van der Waals surface area contributed by atoms with Crippen LogP contribution in [0.3, 0.4) is 0 Å². The summed E-state index contributed by atoms with van der Waals surface area (Å²) < 4.78 is 15.0. The van der Waals surface area contributed by atoms with E-state index in [0.29, 0.717) is 11.4 Å². The SMILES string of the molecule is CC(C)OC(=O)OC(C)Oc1ccccc1N. The quantitative estimate of drug-likeness (QED) is 0.496. The Hall–Kier alpha value is -1.91. The van der Waals surface area contributed by atoms with E-state index in [9.17, 15) is 4.79 Å². The first-order valence-electron chi connectivity index (χ1n) is 5.37. The summed E-state index contributed by atoms with van der Waals surface area (Å²) in [5, 5.41) is 0. The molecule has 0 spiro atoms. The number of carbonyl (C=O) groups is 1. The Morgan fingerprint density at radius 2 is 1.82 bits per heavy atom. The van der Waals surface area contributed by atoms with Crippen LogP contribution in [0.25, 0.3) is 0 Å². The molecule has 0 heterocycles. The van der Waals surface area contributed by atoms with Gasteiger partial charge in [0.2, 0.25) is 6.29 Å². The number of ether oxygens (including phenoxy) is 3. The highest BCUT2D eigenvalue weighted by molar-refractivity contribution is 5.60. The van der Waals surface area contributed by atoms with Crippen molar-refractivity contribution in [3.8, 4) is 5.75 Å². The zero-order chi connectivity index (χ0) is 12.8. The third-order valence-electron chi connectivity index (χ3n) is 1.81. The van der Waals surface area contributed by atoms with Crippen LogP contribution in [0.1, 0.15) is 20.8 Å². The maximum atomic E-state index is 11.2. The molecule has 0 aliphatic heterocycles. The minimum atomic E-state index is -0.762. The van der Waals surface area contributed by atoms with Gasteiger partial charge in [0.05, 0.1) is 11.8 Å². The van der Waals surface area contributed by atoms with Crippen molar-refractivity contribution in [1.82, 2.24) is 0 Å². The first-order valence-corrected chi connectivity index (χ1v) is 5.37. The normalized spacial score (nSPS) is 12.0. The number of carbonyl (C=O) groups excluding carboxylic acids is 1. The van der Waals surface area contributed by atoms with E-state index >= 15 is 0 Å². The Bertz CT molecular complexity index is 379. The molecule has 1 unspecified atom stereocenters. The fourth-order valence-corrected chi connectivity index (χ4v) is 1.15. The Morgan fingerprint density at radius 3 is 2.41 bits per heavy atom. The van der Waals surface area contributed by atoms with Gasteiger partial charge in [-0.05, 0) is 26.0 Å². The van der Waals surface area contributed by atoms with Gasteiger partial charge >= 0.3 is 6.16 Å². The second-order valence-electron chi connectivity index (χ2n) is 3.76. The van der Waals surface area contributed by atoms with Crippen LogP contribution in [0.4, 0.5) is 10.5 Å². The molecule has 0 amide bonds. The Balaban J connectivity index is 2.47. The van der Waals surface area contributed by atoms with Gasteiger partial charge in [0.25, 0.3) is 0 Å². The van der Waals surface area contributed by atoms with E-state index < -0.39 is 12.4 Å². The highest BCUT2D eigenvalue weighted by atomic mass is 16.8. The molecule has 0 saturated heterocycles. The van der Waals surface area contributed by atoms with Gasteiger partial charge in [-0.1, -0.05) is 12.1 Å². The van der Waals surface area contributed by atoms with E-state index in [-0.39, 0.29) is 6.10 Å². The molecular formula is C12H17NO4. The van der Waals surface area contributed by atoms with Gasteiger partial charge in [-0.3, -0.25) is 0 Å². The summed E-state index contributed by atoms with van der Waals surface area (Å²) in [6.07, 6.45) is -1.75. The zero-order valence-corrected chi connectivity index (χ0v) is 10.2. The van der Waals surface area contributed by atoms with E-state index in [1.165, 1.54) is 0 Å². The van der Waals surface area contributed by atoms with Crippen molar-refractivity contribution in [2.75, 3.05) is 5.73 Å². The molecule has 1 rings (SSSR count). The predicted molar refractivity (Wildman–Crippen MR) is 63.6 cm³/mol. The van der Waals surface area contributed by atoms with Crippen LogP contribution in [-0.4, -0.2) is 18.5 Å². The standard InChI is InChI=1S/C12H17NO4/c1-8(2)15-12(14)17-9(3)16-11-7-5-4-6-10(11)13/h4-9H,13H2,1-3H3. The van der Waals surface area contributed by atoms with Crippen molar-refractivity contribution in [3.63, 3.8) is 0 Å². The Labute approximate surface area is 100 Å². The number of benzene rings is 1. The summed E-state index contributed by atoms with van der Waals surface area (Å²) in [6.45, 7) is 5.07. The fraction of sp³-hybridized carbons (Fsp3) is 0.417. The molecule has 0 aliphatic carbocycles. The van der Waals surface area contributed by atoms with E-state index in [0.717, 1.165) is 0 Å². The first kappa shape index (κ1) is 13.2. The van der Waals surface area contributed by atoms with Crippen LogP contribution in [0.2, 0.25) is 0 Å². The second kappa shape index (κ2) is 5.98. The van der Waals surface area contributed by atoms with Gasteiger partial charge in [-0.25, -0.2) is 4.79 Å². The van der Waals surface area contributed by atoms with Crippen LogP contribution in [0.15, 0.2) is 24.3 Å². The van der Waals surface area contributed by atoms with Gasteiger partial charge < -0.3 is 19.9 Å². The number of para-hydroxylation sites is 2. The molecule has 94 valence electrons. The highest BCUT2D eigenvalue weighted by Crippen LogP contribution is 2.21. The summed E-state index contributed by atoms with van der Waals surface area (Å²) in [5.41, 5.74) is 6.17. The minimum absolute atomic E-state index is 0.225. The molecule has 0 aliphatic rings. The van der Waals surface area contributed by atoms with Crippen molar-refractivity contribution in [2.24, 2.45) is 0 Å². The smallest absolute Gasteiger partial charge is 0.453 e. The van der Waals surface area contributed by atoms with Gasteiger partial charge in [-0.2, -0.15) is 0 Å². The van der Waals surface area contributed by atoms with Crippen LogP contribution >= 0.6 is 0 Å². The average molecular weight is 239 g/mol. The lowest BCUT2D eigenvalue weighted by molar-refractivity contribution is -0.0602. The van der Waals surface area contributed by atoms with Crippen LogP contribution in [0, 0.1) is 0 Å². The van der Waals surface area contributed by atoms with Crippen molar-refractivity contribution in [2.45, 2.75) is 33.2 Å². The summed E-state index contributed by atoms with van der Waals surface area (Å²) >= 11 is 0. The first-order chi connectivity index (χ1) is 7.99. The summed E-state index contributed by atoms with van der Waals surface area (Å²) in [5.74, 6) is 0.470. The van der Waals surface area contributed by atoms with Crippen molar-refractivity contribution >= 4 is 11.8 Å². The number of hydrogen-bond donors (Lipinski definition) is 1. The molecular weight excluding hydrogens is 222 g/mol. The number of rotatable bonds is 4. The lowest BCUT2D eigenvalue weighted by atomic mass is 10.3. The zero-order valence-electron chi connectivity index (χ0n) is 10.2. The molecule has 0 fully saturated rings. The van der Waals surface area contributed by atoms with E-state index in [1.54, 1.807) is 45.0 Å². The molecule has 0 radical (unpaired) electrons. The largest absolute Gasteiger partial charge is 0.511 e. The van der Waals surface area contributed by atoms with E-state index in [2.05, 4.69) is 0 Å². The summed E-state index contributed by atoms with van der Waals surface area (Å²) in [4.78, 5) is 11.2. The third kappa shape index (κ3) is 4.63. The van der Waals surface area contributed by atoms with Crippen LogP contribution in [-0.2, 0) is 9.47 Å². The average Bonchev–Trinajstić information content (AvgIpc) is 2.19. The minimum Gasteiger partial charge on any atom is -0.453 e. The topological polar surface area (TPSA) is 70.8 Å². The molecule has 1 aromatic rings. The molecule has 0 aromatic heterocycles. The summed E-state index contributed by atoms with van der Waals surface area (Å²) in [6, 6.07) is 6.98. The molecule has 1 aromatic carbocycles. The molecule has 5 heteroatoms. The highest BCUT2D eigenvalue weighted by Gasteiger charge is 2.14. The van der Waals surface area contributed by atoms with Crippen molar-refractivity contribution < 1.29 is 19.0 Å². The lowest BCUT2D eigenvalue weighted by Gasteiger charge is -2.17. The van der Waals surface area contributed by atoms with Crippen LogP contribution in [0.5, 0.6) is 5.75 Å².